The molecule has 0 amide bonds. The van der Waals surface area contributed by atoms with Gasteiger partial charge < -0.3 is 9.47 Å². The third-order valence-corrected chi connectivity index (χ3v) is 10.7. The molecule has 0 aliphatic heterocycles. The molecule has 0 saturated heterocycles. The summed E-state index contributed by atoms with van der Waals surface area (Å²) in [6.07, 6.45) is 18.4. The van der Waals surface area contributed by atoms with Gasteiger partial charge in [-0.05, 0) is 124 Å². The predicted molar refractivity (Wildman–Crippen MR) is 208 cm³/mol. The molecule has 2 heteroatoms. The van der Waals surface area contributed by atoms with Crippen LogP contribution in [0.1, 0.15) is 66.6 Å². The Bertz CT molecular complexity index is 2380. The van der Waals surface area contributed by atoms with Crippen molar-refractivity contribution in [3.63, 3.8) is 0 Å². The molecule has 2 nitrogen and oxygen atoms in total. The molecule has 1 aromatic heterocycles. The van der Waals surface area contributed by atoms with Crippen molar-refractivity contribution in [2.75, 3.05) is 4.90 Å². The Balaban J connectivity index is 1.14. The molecule has 3 aliphatic carbocycles. The molecule has 49 heavy (non-hydrogen) atoms. The van der Waals surface area contributed by atoms with E-state index in [2.05, 4.69) is 181 Å². The molecule has 0 bridgehead atoms. The number of allylic oxidation sites excluding steroid dienone is 1. The summed E-state index contributed by atoms with van der Waals surface area (Å²) >= 11 is 0. The fourth-order valence-corrected chi connectivity index (χ4v) is 8.21. The molecule has 0 fully saturated rings. The highest BCUT2D eigenvalue weighted by Gasteiger charge is 2.35. The molecule has 6 aromatic rings. The maximum absolute atomic E-state index is 2.48. The van der Waals surface area contributed by atoms with Crippen LogP contribution in [0.2, 0.25) is 0 Å². The first-order valence-corrected chi connectivity index (χ1v) is 17.6. The summed E-state index contributed by atoms with van der Waals surface area (Å²) < 4.78 is 2.48. The van der Waals surface area contributed by atoms with Crippen LogP contribution < -0.4 is 15.5 Å². The van der Waals surface area contributed by atoms with Crippen LogP contribution in [0.25, 0.3) is 47.2 Å². The van der Waals surface area contributed by atoms with E-state index in [0.717, 1.165) is 37.1 Å². The molecule has 0 atom stereocenters. The first kappa shape index (κ1) is 29.5. The van der Waals surface area contributed by atoms with E-state index >= 15 is 0 Å². The summed E-state index contributed by atoms with van der Waals surface area (Å²) in [6.45, 7) is 4.71. The Labute approximate surface area is 289 Å². The topological polar surface area (TPSA) is 8.17 Å². The normalized spacial score (nSPS) is 15.1. The lowest BCUT2D eigenvalue weighted by molar-refractivity contribution is 0.660. The van der Waals surface area contributed by atoms with Crippen LogP contribution in [0.3, 0.4) is 0 Å². The molecular weight excluding hydrogens is 593 g/mol. The molecule has 3 aliphatic rings. The fourth-order valence-electron chi connectivity index (χ4n) is 8.21. The smallest absolute Gasteiger partial charge is 0.0497 e. The predicted octanol–water partition coefficient (Wildman–Crippen LogP) is 10.7. The van der Waals surface area contributed by atoms with Crippen LogP contribution in [-0.2, 0) is 11.8 Å². The van der Waals surface area contributed by atoms with Crippen LogP contribution in [0, 0.1) is 0 Å². The molecular formula is C47H40N2. The number of nitrogens with zero attached hydrogens (tertiary/aromatic N) is 2. The summed E-state index contributed by atoms with van der Waals surface area (Å²) in [6, 6.07) is 44.5. The third kappa shape index (κ3) is 5.02. The Kier molecular flexibility index (Phi) is 7.13. The van der Waals surface area contributed by atoms with E-state index in [1.807, 2.05) is 0 Å². The van der Waals surface area contributed by atoms with Gasteiger partial charge in [-0.25, -0.2) is 0 Å². The summed E-state index contributed by atoms with van der Waals surface area (Å²) in [4.78, 5) is 2.41. The highest BCUT2D eigenvalue weighted by atomic mass is 15.1. The number of rotatable bonds is 6. The Morgan fingerprint density at radius 1 is 0.612 bits per heavy atom. The van der Waals surface area contributed by atoms with Crippen LogP contribution in [0.4, 0.5) is 17.1 Å². The van der Waals surface area contributed by atoms with Gasteiger partial charge >= 0.3 is 0 Å². The van der Waals surface area contributed by atoms with Crippen molar-refractivity contribution in [2.24, 2.45) is 0 Å². The third-order valence-electron chi connectivity index (χ3n) is 10.7. The second-order valence-corrected chi connectivity index (χ2v) is 14.0. The second kappa shape index (κ2) is 11.8. The van der Waals surface area contributed by atoms with E-state index < -0.39 is 0 Å². The molecule has 0 radical (unpaired) electrons. The molecule has 0 spiro atoms. The number of hydrogen-bond donors (Lipinski definition) is 0. The fraction of sp³-hybridized carbons (Fsp3) is 0.149. The minimum Gasteiger partial charge on any atom is -0.310 e. The Morgan fingerprint density at radius 3 is 2.06 bits per heavy atom. The molecule has 1 heterocycles. The maximum atomic E-state index is 2.48. The van der Waals surface area contributed by atoms with Gasteiger partial charge in [0.25, 0.3) is 0 Å². The standard InChI is InChI=1S/C47H40N2/c1-47(2)43-17-9-6-14-39(43)40-31-30-38(32-44(40)47)48(35-24-22-34(23-25-35)21-20-33-12-4-3-5-13-33)36-26-28-37(29-27-36)49-45-18-10-7-15-41(45)42-16-8-11-19-46(42)49/h3-6,9-10,12-14,16-32H,7-8,11,15H2,1-2H3/b21-20+. The van der Waals surface area contributed by atoms with Crippen LogP contribution in [-0.4, -0.2) is 4.57 Å². The monoisotopic (exact) mass is 632 g/mol. The van der Waals surface area contributed by atoms with Crippen molar-refractivity contribution >= 4 is 47.4 Å². The maximum Gasteiger partial charge on any atom is 0.0497 e. The van der Waals surface area contributed by atoms with Gasteiger partial charge in [0.2, 0.25) is 0 Å². The van der Waals surface area contributed by atoms with Gasteiger partial charge in [0.15, 0.2) is 0 Å². The van der Waals surface area contributed by atoms with E-state index in [-0.39, 0.29) is 5.41 Å². The summed E-state index contributed by atoms with van der Waals surface area (Å²) in [5.74, 6) is 0. The first-order valence-electron chi connectivity index (χ1n) is 17.6. The number of benzene rings is 5. The lowest BCUT2D eigenvalue weighted by Crippen LogP contribution is -2.31. The van der Waals surface area contributed by atoms with E-state index in [1.165, 1.54) is 66.6 Å². The number of anilines is 3. The zero-order valence-corrected chi connectivity index (χ0v) is 28.2. The van der Waals surface area contributed by atoms with E-state index in [1.54, 1.807) is 0 Å². The number of aromatic nitrogens is 1. The minimum absolute atomic E-state index is 0.0722. The van der Waals surface area contributed by atoms with Crippen molar-refractivity contribution in [1.82, 2.24) is 4.57 Å². The minimum atomic E-state index is -0.0722. The van der Waals surface area contributed by atoms with E-state index in [4.69, 9.17) is 0 Å². The van der Waals surface area contributed by atoms with Crippen molar-refractivity contribution in [3.8, 4) is 16.8 Å². The van der Waals surface area contributed by atoms with Crippen LogP contribution in [0.5, 0.6) is 0 Å². The molecule has 0 unspecified atom stereocenters. The van der Waals surface area contributed by atoms with Gasteiger partial charge in [0.05, 0.1) is 0 Å². The molecule has 5 aromatic carbocycles. The van der Waals surface area contributed by atoms with Gasteiger partial charge in [0, 0.05) is 39.2 Å². The largest absolute Gasteiger partial charge is 0.310 e. The lowest BCUT2D eigenvalue weighted by Gasteiger charge is -2.28. The average molecular weight is 633 g/mol. The zero-order chi connectivity index (χ0) is 33.0. The van der Waals surface area contributed by atoms with Gasteiger partial charge in [0.1, 0.15) is 0 Å². The highest BCUT2D eigenvalue weighted by molar-refractivity contribution is 5.86. The zero-order valence-electron chi connectivity index (χ0n) is 28.2. The second-order valence-electron chi connectivity index (χ2n) is 14.0. The Hall–Kier alpha value is -5.60. The SMILES string of the molecule is CC1(C)c2ccccc2-c2ccc(N(c3ccc(/C=C/c4ccccc4)cc3)c3ccc(-n4c5c(c6c4=CCCC=6)CCC=C5)cc3)cc21. The molecule has 0 N–H and O–H groups in total. The van der Waals surface area contributed by atoms with E-state index in [9.17, 15) is 0 Å². The van der Waals surface area contributed by atoms with Gasteiger partial charge in [-0.15, -0.1) is 0 Å². The molecule has 9 rings (SSSR count). The molecule has 0 saturated carbocycles. The van der Waals surface area contributed by atoms with Crippen LogP contribution in [0.15, 0.2) is 127 Å². The van der Waals surface area contributed by atoms with E-state index in [0.29, 0.717) is 0 Å². The van der Waals surface area contributed by atoms with Gasteiger partial charge in [-0.1, -0.05) is 117 Å². The summed E-state index contributed by atoms with van der Waals surface area (Å²) in [5.41, 5.74) is 15.3. The summed E-state index contributed by atoms with van der Waals surface area (Å²) in [7, 11) is 0. The van der Waals surface area contributed by atoms with Crippen molar-refractivity contribution in [1.29, 1.82) is 0 Å². The quantitative estimate of drug-likeness (QED) is 0.166. The van der Waals surface area contributed by atoms with Crippen molar-refractivity contribution < 1.29 is 0 Å². The summed E-state index contributed by atoms with van der Waals surface area (Å²) in [5, 5.41) is 2.80. The number of hydrogen-bond acceptors (Lipinski definition) is 1. The van der Waals surface area contributed by atoms with Crippen molar-refractivity contribution in [3.05, 3.63) is 171 Å². The number of fused-ring (bicyclic) bond motifs is 6. The van der Waals surface area contributed by atoms with Gasteiger partial charge in [-0.2, -0.15) is 0 Å². The first-order chi connectivity index (χ1) is 24.1. The highest BCUT2D eigenvalue weighted by Crippen LogP contribution is 2.50. The Morgan fingerprint density at radius 2 is 1.27 bits per heavy atom. The lowest BCUT2D eigenvalue weighted by atomic mass is 9.82. The average Bonchev–Trinajstić information content (AvgIpc) is 3.61. The molecule has 238 valence electrons. The van der Waals surface area contributed by atoms with Gasteiger partial charge in [-0.3, -0.25) is 0 Å². The van der Waals surface area contributed by atoms with Crippen LogP contribution >= 0.6 is 0 Å². The van der Waals surface area contributed by atoms with Crippen molar-refractivity contribution in [2.45, 2.75) is 44.9 Å².